The zero-order valence-corrected chi connectivity index (χ0v) is 10.4. The quantitative estimate of drug-likeness (QED) is 0.684. The van der Waals surface area contributed by atoms with E-state index in [4.69, 9.17) is 0 Å². The highest BCUT2D eigenvalue weighted by Gasteiger charge is 2.35. The summed E-state index contributed by atoms with van der Waals surface area (Å²) >= 11 is 0. The standard InChI is InChI=1S/C13H26O/c1-9(2)11-7-6-10(8-12(11)14)13(3,4)5/h9-12,14H,6-8H2,1-5H3. The number of rotatable bonds is 1. The Labute approximate surface area is 88.9 Å². The molecule has 1 N–H and O–H groups in total. The highest BCUT2D eigenvalue weighted by atomic mass is 16.3. The van der Waals surface area contributed by atoms with E-state index in [-0.39, 0.29) is 6.10 Å². The average Bonchev–Trinajstić information content (AvgIpc) is 2.01. The van der Waals surface area contributed by atoms with E-state index in [2.05, 4.69) is 34.6 Å². The Morgan fingerprint density at radius 2 is 1.71 bits per heavy atom. The maximum absolute atomic E-state index is 10.1. The minimum atomic E-state index is -0.0621. The summed E-state index contributed by atoms with van der Waals surface area (Å²) in [5.74, 6) is 1.87. The lowest BCUT2D eigenvalue weighted by atomic mass is 9.66. The molecule has 3 atom stereocenters. The molecular formula is C13H26O. The Balaban J connectivity index is 2.55. The van der Waals surface area contributed by atoms with Crippen LogP contribution in [0.4, 0.5) is 0 Å². The second kappa shape index (κ2) is 4.22. The molecule has 1 saturated carbocycles. The summed E-state index contributed by atoms with van der Waals surface area (Å²) in [6.07, 6.45) is 3.45. The lowest BCUT2D eigenvalue weighted by Crippen LogP contribution is -2.37. The summed E-state index contributed by atoms with van der Waals surface area (Å²) in [7, 11) is 0. The Morgan fingerprint density at radius 3 is 2.07 bits per heavy atom. The fraction of sp³-hybridized carbons (Fsp3) is 1.00. The summed E-state index contributed by atoms with van der Waals surface area (Å²) in [5.41, 5.74) is 0.364. The first-order valence-corrected chi connectivity index (χ1v) is 6.00. The number of aliphatic hydroxyl groups excluding tert-OH is 1. The van der Waals surface area contributed by atoms with Crippen LogP contribution in [0.5, 0.6) is 0 Å². The van der Waals surface area contributed by atoms with Gasteiger partial charge in [-0.3, -0.25) is 0 Å². The van der Waals surface area contributed by atoms with Crippen LogP contribution in [0.2, 0.25) is 0 Å². The maximum Gasteiger partial charge on any atom is 0.0573 e. The van der Waals surface area contributed by atoms with Gasteiger partial charge in [0.25, 0.3) is 0 Å². The topological polar surface area (TPSA) is 20.2 Å². The molecule has 84 valence electrons. The Kier molecular flexibility index (Phi) is 3.63. The normalized spacial score (nSPS) is 34.9. The molecule has 0 spiro atoms. The van der Waals surface area contributed by atoms with E-state index in [1.54, 1.807) is 0 Å². The van der Waals surface area contributed by atoms with Crippen LogP contribution in [0, 0.1) is 23.2 Å². The first kappa shape index (κ1) is 12.0. The van der Waals surface area contributed by atoms with Crippen LogP contribution in [0.25, 0.3) is 0 Å². The molecule has 0 aromatic heterocycles. The van der Waals surface area contributed by atoms with E-state index in [0.717, 1.165) is 6.42 Å². The molecule has 0 saturated heterocycles. The summed E-state index contributed by atoms with van der Waals surface area (Å²) in [6, 6.07) is 0. The minimum Gasteiger partial charge on any atom is -0.393 e. The van der Waals surface area contributed by atoms with Gasteiger partial charge in [-0.25, -0.2) is 0 Å². The summed E-state index contributed by atoms with van der Waals surface area (Å²) in [4.78, 5) is 0. The first-order valence-electron chi connectivity index (χ1n) is 6.00. The van der Waals surface area contributed by atoms with Crippen molar-refractivity contribution in [2.24, 2.45) is 23.2 Å². The van der Waals surface area contributed by atoms with Crippen molar-refractivity contribution < 1.29 is 5.11 Å². The zero-order valence-electron chi connectivity index (χ0n) is 10.4. The molecule has 3 unspecified atom stereocenters. The van der Waals surface area contributed by atoms with Gasteiger partial charge in [-0.15, -0.1) is 0 Å². The van der Waals surface area contributed by atoms with Gasteiger partial charge in [0, 0.05) is 0 Å². The van der Waals surface area contributed by atoms with E-state index in [9.17, 15) is 5.11 Å². The molecular weight excluding hydrogens is 172 g/mol. The van der Waals surface area contributed by atoms with Crippen LogP contribution >= 0.6 is 0 Å². The molecule has 0 aliphatic heterocycles. The molecule has 0 bridgehead atoms. The van der Waals surface area contributed by atoms with E-state index < -0.39 is 0 Å². The molecule has 1 aliphatic rings. The SMILES string of the molecule is CC(C)C1CCC(C(C)(C)C)CC1O. The van der Waals surface area contributed by atoms with E-state index in [0.29, 0.717) is 23.2 Å². The van der Waals surface area contributed by atoms with Crippen molar-refractivity contribution in [2.75, 3.05) is 0 Å². The maximum atomic E-state index is 10.1. The van der Waals surface area contributed by atoms with Crippen LogP contribution in [0.15, 0.2) is 0 Å². The highest BCUT2D eigenvalue weighted by molar-refractivity contribution is 4.86. The largest absolute Gasteiger partial charge is 0.393 e. The summed E-state index contributed by atoms with van der Waals surface area (Å²) < 4.78 is 0. The second-order valence-corrected chi connectivity index (χ2v) is 6.35. The fourth-order valence-electron chi connectivity index (χ4n) is 2.73. The van der Waals surface area contributed by atoms with E-state index in [1.165, 1.54) is 12.8 Å². The van der Waals surface area contributed by atoms with Gasteiger partial charge in [-0.2, -0.15) is 0 Å². The lowest BCUT2D eigenvalue weighted by Gasteiger charge is -2.41. The molecule has 1 rings (SSSR count). The smallest absolute Gasteiger partial charge is 0.0573 e. The Hall–Kier alpha value is -0.0400. The van der Waals surface area contributed by atoms with E-state index >= 15 is 0 Å². The van der Waals surface area contributed by atoms with Crippen molar-refractivity contribution in [3.63, 3.8) is 0 Å². The van der Waals surface area contributed by atoms with Crippen LogP contribution in [0.1, 0.15) is 53.9 Å². The Bertz CT molecular complexity index is 178. The van der Waals surface area contributed by atoms with Crippen LogP contribution in [0.3, 0.4) is 0 Å². The predicted molar refractivity (Wildman–Crippen MR) is 61.1 cm³/mol. The van der Waals surface area contributed by atoms with E-state index in [1.807, 2.05) is 0 Å². The number of hydrogen-bond acceptors (Lipinski definition) is 1. The van der Waals surface area contributed by atoms with Gasteiger partial charge in [0.15, 0.2) is 0 Å². The molecule has 1 aliphatic carbocycles. The third-order valence-electron chi connectivity index (χ3n) is 3.95. The molecule has 1 heteroatoms. The molecule has 0 heterocycles. The van der Waals surface area contributed by atoms with Crippen molar-refractivity contribution >= 4 is 0 Å². The highest BCUT2D eigenvalue weighted by Crippen LogP contribution is 2.41. The van der Waals surface area contributed by atoms with Gasteiger partial charge in [0.05, 0.1) is 6.10 Å². The molecule has 0 aromatic rings. The van der Waals surface area contributed by atoms with Crippen LogP contribution in [-0.4, -0.2) is 11.2 Å². The molecule has 1 fully saturated rings. The first-order chi connectivity index (χ1) is 6.32. The molecule has 1 nitrogen and oxygen atoms in total. The van der Waals surface area contributed by atoms with Crippen molar-refractivity contribution in [2.45, 2.75) is 60.0 Å². The van der Waals surface area contributed by atoms with Crippen LogP contribution in [-0.2, 0) is 0 Å². The second-order valence-electron chi connectivity index (χ2n) is 6.35. The van der Waals surface area contributed by atoms with Crippen molar-refractivity contribution in [1.82, 2.24) is 0 Å². The van der Waals surface area contributed by atoms with Crippen molar-refractivity contribution in [3.05, 3.63) is 0 Å². The number of aliphatic hydroxyl groups is 1. The third-order valence-corrected chi connectivity index (χ3v) is 3.95. The van der Waals surface area contributed by atoms with Gasteiger partial charge in [0.2, 0.25) is 0 Å². The minimum absolute atomic E-state index is 0.0621. The van der Waals surface area contributed by atoms with Crippen molar-refractivity contribution in [3.8, 4) is 0 Å². The molecule has 0 amide bonds. The van der Waals surface area contributed by atoms with Gasteiger partial charge in [-0.05, 0) is 42.4 Å². The van der Waals surface area contributed by atoms with Gasteiger partial charge in [-0.1, -0.05) is 34.6 Å². The predicted octanol–water partition coefficient (Wildman–Crippen LogP) is 3.47. The average molecular weight is 198 g/mol. The van der Waals surface area contributed by atoms with Crippen LogP contribution < -0.4 is 0 Å². The summed E-state index contributed by atoms with van der Waals surface area (Å²) in [5, 5.41) is 10.1. The van der Waals surface area contributed by atoms with Gasteiger partial charge >= 0.3 is 0 Å². The fourth-order valence-corrected chi connectivity index (χ4v) is 2.73. The Morgan fingerprint density at radius 1 is 1.14 bits per heavy atom. The summed E-state index contributed by atoms with van der Waals surface area (Å²) in [6.45, 7) is 11.3. The monoisotopic (exact) mass is 198 g/mol. The molecule has 0 radical (unpaired) electrons. The molecule has 0 aromatic carbocycles. The van der Waals surface area contributed by atoms with Gasteiger partial charge < -0.3 is 5.11 Å². The molecule has 14 heavy (non-hydrogen) atoms. The lowest BCUT2D eigenvalue weighted by molar-refractivity contribution is -0.00429. The number of hydrogen-bond donors (Lipinski definition) is 1. The van der Waals surface area contributed by atoms with Crippen molar-refractivity contribution in [1.29, 1.82) is 0 Å². The third kappa shape index (κ3) is 2.73. The van der Waals surface area contributed by atoms with Gasteiger partial charge in [0.1, 0.15) is 0 Å². The zero-order chi connectivity index (χ0) is 10.9.